The van der Waals surface area contributed by atoms with Crippen molar-refractivity contribution in [1.82, 2.24) is 4.98 Å². The van der Waals surface area contributed by atoms with Gasteiger partial charge < -0.3 is 9.52 Å². The molecule has 0 unspecified atom stereocenters. The van der Waals surface area contributed by atoms with Gasteiger partial charge in [0.25, 0.3) is 10.0 Å². The van der Waals surface area contributed by atoms with Crippen LogP contribution in [-0.2, 0) is 16.6 Å². The Balaban J connectivity index is 2.38. The van der Waals surface area contributed by atoms with Gasteiger partial charge in [0.05, 0.1) is 12.3 Å². The SMILES string of the molecule is Cc1oc(C)c(S(=O)(=O)Nc2nc(C(C)C)cs2)c1CO. The number of rotatable bonds is 5. The quantitative estimate of drug-likeness (QED) is 0.879. The van der Waals surface area contributed by atoms with Crippen LogP contribution in [-0.4, -0.2) is 18.5 Å². The average molecular weight is 330 g/mol. The van der Waals surface area contributed by atoms with Crippen LogP contribution in [0.1, 0.15) is 42.5 Å². The standard InChI is InChI=1S/C13H18N2O4S2/c1-7(2)11-6-20-13(14-11)15-21(17,18)12-9(4)19-8(3)10(12)5-16/h6-7,16H,5H2,1-4H3,(H,14,15). The second-order valence-corrected chi connectivity index (χ2v) is 7.50. The minimum Gasteiger partial charge on any atom is -0.465 e. The minimum absolute atomic E-state index is 0.0104. The first-order valence-electron chi connectivity index (χ1n) is 6.44. The average Bonchev–Trinajstić information content (AvgIpc) is 2.93. The van der Waals surface area contributed by atoms with E-state index in [0.29, 0.717) is 10.9 Å². The molecule has 0 atom stereocenters. The molecule has 0 aliphatic carbocycles. The molecule has 2 aromatic heterocycles. The third-order valence-corrected chi connectivity index (χ3v) is 5.53. The summed E-state index contributed by atoms with van der Waals surface area (Å²) in [4.78, 5) is 4.24. The Morgan fingerprint density at radius 1 is 1.38 bits per heavy atom. The summed E-state index contributed by atoms with van der Waals surface area (Å²) < 4.78 is 32.7. The van der Waals surface area contributed by atoms with Gasteiger partial charge in [-0.1, -0.05) is 13.8 Å². The van der Waals surface area contributed by atoms with Gasteiger partial charge in [0.2, 0.25) is 0 Å². The van der Waals surface area contributed by atoms with E-state index in [0.717, 1.165) is 5.69 Å². The maximum atomic E-state index is 12.5. The summed E-state index contributed by atoms with van der Waals surface area (Å²) >= 11 is 1.23. The molecule has 116 valence electrons. The summed E-state index contributed by atoms with van der Waals surface area (Å²) in [5.74, 6) is 0.882. The van der Waals surface area contributed by atoms with Crippen molar-refractivity contribution in [3.05, 3.63) is 28.2 Å². The highest BCUT2D eigenvalue weighted by Gasteiger charge is 2.27. The van der Waals surface area contributed by atoms with Crippen molar-refractivity contribution in [3.8, 4) is 0 Å². The second-order valence-electron chi connectivity index (χ2n) is 5.02. The van der Waals surface area contributed by atoms with Crippen molar-refractivity contribution in [1.29, 1.82) is 0 Å². The zero-order valence-electron chi connectivity index (χ0n) is 12.3. The number of nitrogens with zero attached hydrogens (tertiary/aromatic N) is 1. The summed E-state index contributed by atoms with van der Waals surface area (Å²) in [7, 11) is -3.83. The number of aromatic nitrogens is 1. The molecular weight excluding hydrogens is 312 g/mol. The molecule has 0 spiro atoms. The van der Waals surface area contributed by atoms with Gasteiger partial charge in [-0.25, -0.2) is 13.4 Å². The lowest BCUT2D eigenvalue weighted by molar-refractivity contribution is 0.276. The molecule has 2 aromatic rings. The van der Waals surface area contributed by atoms with Crippen molar-refractivity contribution in [3.63, 3.8) is 0 Å². The van der Waals surface area contributed by atoms with Crippen LogP contribution in [0.4, 0.5) is 5.13 Å². The lowest BCUT2D eigenvalue weighted by Crippen LogP contribution is -2.15. The van der Waals surface area contributed by atoms with Crippen molar-refractivity contribution in [2.45, 2.75) is 45.1 Å². The van der Waals surface area contributed by atoms with E-state index in [4.69, 9.17) is 4.42 Å². The van der Waals surface area contributed by atoms with Crippen LogP contribution in [0.15, 0.2) is 14.7 Å². The first-order valence-corrected chi connectivity index (χ1v) is 8.80. The number of aryl methyl sites for hydroxylation is 2. The summed E-state index contributed by atoms with van der Waals surface area (Å²) in [6.07, 6.45) is 0. The Morgan fingerprint density at radius 3 is 2.57 bits per heavy atom. The molecule has 0 saturated heterocycles. The van der Waals surface area contributed by atoms with E-state index in [1.807, 2.05) is 19.2 Å². The van der Waals surface area contributed by atoms with Crippen LogP contribution < -0.4 is 4.72 Å². The van der Waals surface area contributed by atoms with Crippen LogP contribution in [0.3, 0.4) is 0 Å². The molecule has 0 radical (unpaired) electrons. The predicted molar refractivity (Wildman–Crippen MR) is 81.1 cm³/mol. The molecule has 6 nitrogen and oxygen atoms in total. The molecule has 2 rings (SSSR count). The number of furan rings is 1. The van der Waals surface area contributed by atoms with Gasteiger partial charge in [0.1, 0.15) is 16.4 Å². The number of anilines is 1. The molecule has 0 aliphatic heterocycles. The van der Waals surface area contributed by atoms with E-state index >= 15 is 0 Å². The Hall–Kier alpha value is -1.38. The summed E-state index contributed by atoms with van der Waals surface area (Å²) in [5, 5.41) is 11.5. The summed E-state index contributed by atoms with van der Waals surface area (Å²) in [5.41, 5.74) is 1.11. The van der Waals surface area contributed by atoms with Crippen LogP contribution in [0.25, 0.3) is 0 Å². The van der Waals surface area contributed by atoms with Crippen molar-refractivity contribution in [2.24, 2.45) is 0 Å². The summed E-state index contributed by atoms with van der Waals surface area (Å²) in [6.45, 7) is 6.76. The monoisotopic (exact) mass is 330 g/mol. The molecule has 2 N–H and O–H groups in total. The number of aliphatic hydroxyl groups is 1. The second kappa shape index (κ2) is 5.78. The van der Waals surface area contributed by atoms with Crippen LogP contribution in [0.5, 0.6) is 0 Å². The summed E-state index contributed by atoms with van der Waals surface area (Å²) in [6, 6.07) is 0. The van der Waals surface area contributed by atoms with Crippen LogP contribution in [0, 0.1) is 13.8 Å². The lowest BCUT2D eigenvalue weighted by atomic mass is 10.2. The maximum absolute atomic E-state index is 12.5. The fraction of sp³-hybridized carbons (Fsp3) is 0.462. The van der Waals surface area contributed by atoms with E-state index < -0.39 is 16.6 Å². The van der Waals surface area contributed by atoms with Crippen molar-refractivity contribution < 1.29 is 17.9 Å². The van der Waals surface area contributed by atoms with Crippen LogP contribution in [0.2, 0.25) is 0 Å². The predicted octanol–water partition coefficient (Wildman–Crippen LogP) is 2.77. The van der Waals surface area contributed by atoms with Gasteiger partial charge in [-0.3, -0.25) is 4.72 Å². The number of hydrogen-bond donors (Lipinski definition) is 2. The first-order chi connectivity index (χ1) is 9.76. The third kappa shape index (κ3) is 3.12. The molecule has 0 aliphatic rings. The van der Waals surface area contributed by atoms with Gasteiger partial charge in [0, 0.05) is 10.9 Å². The van der Waals surface area contributed by atoms with Crippen molar-refractivity contribution >= 4 is 26.5 Å². The Morgan fingerprint density at radius 2 is 2.05 bits per heavy atom. The number of aliphatic hydroxyl groups excluding tert-OH is 1. The highest BCUT2D eigenvalue weighted by Crippen LogP contribution is 2.30. The molecule has 2 heterocycles. The Kier molecular flexibility index (Phi) is 4.40. The molecule has 0 bridgehead atoms. The van der Waals surface area contributed by atoms with Gasteiger partial charge in [-0.05, 0) is 19.8 Å². The Labute approximate surface area is 127 Å². The van der Waals surface area contributed by atoms with E-state index in [1.165, 1.54) is 11.3 Å². The van der Waals surface area contributed by atoms with Crippen LogP contribution >= 0.6 is 11.3 Å². The van der Waals surface area contributed by atoms with E-state index in [2.05, 4.69) is 9.71 Å². The largest absolute Gasteiger partial charge is 0.465 e. The minimum atomic E-state index is -3.83. The first kappa shape index (κ1) is 16.0. The number of thiazole rings is 1. The van der Waals surface area contributed by atoms with E-state index in [9.17, 15) is 13.5 Å². The number of nitrogens with one attached hydrogen (secondary N) is 1. The fourth-order valence-corrected chi connectivity index (χ4v) is 4.58. The zero-order chi connectivity index (χ0) is 15.8. The van der Waals surface area contributed by atoms with Gasteiger partial charge in [0.15, 0.2) is 5.13 Å². The maximum Gasteiger partial charge on any atom is 0.267 e. The molecule has 0 amide bonds. The highest BCUT2D eigenvalue weighted by atomic mass is 32.2. The molecule has 0 saturated carbocycles. The highest BCUT2D eigenvalue weighted by molar-refractivity contribution is 7.93. The molecule has 0 aromatic carbocycles. The van der Waals surface area contributed by atoms with Crippen molar-refractivity contribution in [2.75, 3.05) is 4.72 Å². The Bertz CT molecular complexity index is 744. The van der Waals surface area contributed by atoms with Gasteiger partial charge >= 0.3 is 0 Å². The third-order valence-electron chi connectivity index (χ3n) is 3.09. The van der Waals surface area contributed by atoms with Gasteiger partial charge in [-0.2, -0.15) is 0 Å². The molecular formula is C13H18N2O4S2. The number of hydrogen-bond acceptors (Lipinski definition) is 6. The molecule has 0 fully saturated rings. The smallest absolute Gasteiger partial charge is 0.267 e. The topological polar surface area (TPSA) is 92.4 Å². The lowest BCUT2D eigenvalue weighted by Gasteiger charge is -2.06. The van der Waals surface area contributed by atoms with Gasteiger partial charge in [-0.15, -0.1) is 11.3 Å². The van der Waals surface area contributed by atoms with E-state index in [-0.39, 0.29) is 22.1 Å². The van der Waals surface area contributed by atoms with E-state index in [1.54, 1.807) is 13.8 Å². The normalized spacial score (nSPS) is 12.1. The zero-order valence-corrected chi connectivity index (χ0v) is 13.9. The fourth-order valence-electron chi connectivity index (χ4n) is 2.01. The molecule has 8 heteroatoms. The molecule has 21 heavy (non-hydrogen) atoms. The number of sulfonamides is 1.